The van der Waals surface area contributed by atoms with Gasteiger partial charge in [-0.05, 0) is 20.8 Å². The van der Waals surface area contributed by atoms with Crippen molar-refractivity contribution in [3.8, 4) is 0 Å². The quantitative estimate of drug-likeness (QED) is 0.387. The molecule has 82 valence electrons. The van der Waals surface area contributed by atoms with Crippen LogP contribution in [0.2, 0.25) is 0 Å². The van der Waals surface area contributed by atoms with Crippen LogP contribution >= 0.6 is 0 Å². The fourth-order valence-corrected chi connectivity index (χ4v) is 0.806. The van der Waals surface area contributed by atoms with Crippen molar-refractivity contribution < 1.29 is 19.4 Å². The summed E-state index contributed by atoms with van der Waals surface area (Å²) >= 11 is 0. The summed E-state index contributed by atoms with van der Waals surface area (Å²) in [5, 5.41) is 11.2. The molecule has 0 aromatic carbocycles. The van der Waals surface area contributed by atoms with Gasteiger partial charge in [-0.25, -0.2) is 4.79 Å². The Labute approximate surface area is 111 Å². The molecule has 0 aromatic heterocycles. The second kappa shape index (κ2) is 8.76. The Hall–Kier alpha value is -0.520. The van der Waals surface area contributed by atoms with Crippen molar-refractivity contribution in [3.63, 3.8) is 0 Å². The second-order valence-electron chi connectivity index (χ2n) is 2.78. The molecular weight excluding hydrogens is 209 g/mol. The molecule has 0 aliphatic carbocycles. The summed E-state index contributed by atoms with van der Waals surface area (Å²) in [4.78, 5) is 21.4. The molecule has 0 unspecified atom stereocenters. The van der Waals surface area contributed by atoms with E-state index in [0.29, 0.717) is 12.3 Å². The minimum atomic E-state index is -0.971. The fraction of sp³-hybridized carbons (Fsp3) is 0.556. The van der Waals surface area contributed by atoms with E-state index < -0.39 is 18.0 Å². The Bertz CT molecular complexity index is 252. The first kappa shape index (κ1) is 16.9. The summed E-state index contributed by atoms with van der Waals surface area (Å²) in [5.41, 5.74) is 0.471. The SMILES string of the molecule is CCOC(=O)C=C(C)N[C@@H](C)C(=O)O.[NaH]. The second-order valence-corrected chi connectivity index (χ2v) is 2.78. The third-order valence-corrected chi connectivity index (χ3v) is 1.44. The van der Waals surface area contributed by atoms with Crippen LogP contribution in [0.3, 0.4) is 0 Å². The van der Waals surface area contributed by atoms with Crippen molar-refractivity contribution in [2.75, 3.05) is 6.61 Å². The van der Waals surface area contributed by atoms with Crippen molar-refractivity contribution in [2.24, 2.45) is 0 Å². The molecule has 0 aliphatic rings. The first-order chi connectivity index (χ1) is 6.47. The van der Waals surface area contributed by atoms with Crippen LogP contribution in [-0.4, -0.2) is 59.3 Å². The molecule has 0 spiro atoms. The maximum atomic E-state index is 10.9. The van der Waals surface area contributed by atoms with Gasteiger partial charge < -0.3 is 15.2 Å². The summed E-state index contributed by atoms with van der Waals surface area (Å²) in [5.74, 6) is -1.45. The Morgan fingerprint density at radius 3 is 2.47 bits per heavy atom. The number of aliphatic carboxylic acids is 1. The number of rotatable bonds is 5. The zero-order valence-electron chi connectivity index (χ0n) is 8.53. The molecule has 0 saturated carbocycles. The predicted octanol–water partition coefficient (Wildman–Crippen LogP) is -0.132. The van der Waals surface area contributed by atoms with Crippen LogP contribution in [0.4, 0.5) is 0 Å². The average Bonchev–Trinajstić information content (AvgIpc) is 2.03. The maximum absolute atomic E-state index is 10.9. The number of ether oxygens (including phenoxy) is 1. The van der Waals surface area contributed by atoms with Gasteiger partial charge in [0.1, 0.15) is 6.04 Å². The summed E-state index contributed by atoms with van der Waals surface area (Å²) in [7, 11) is 0. The molecule has 5 nitrogen and oxygen atoms in total. The van der Waals surface area contributed by atoms with E-state index in [1.54, 1.807) is 13.8 Å². The summed E-state index contributed by atoms with van der Waals surface area (Å²) < 4.78 is 4.65. The molecule has 0 radical (unpaired) electrons. The number of carboxylic acid groups (broad SMARTS) is 1. The molecule has 0 aromatic rings. The van der Waals surface area contributed by atoms with E-state index >= 15 is 0 Å². The van der Waals surface area contributed by atoms with Gasteiger partial charge in [0.15, 0.2) is 0 Å². The van der Waals surface area contributed by atoms with Gasteiger partial charge >= 0.3 is 41.5 Å². The number of nitrogens with one attached hydrogen (secondary N) is 1. The molecule has 1 atom stereocenters. The minimum absolute atomic E-state index is 0. The van der Waals surface area contributed by atoms with Gasteiger partial charge in [-0.15, -0.1) is 0 Å². The average molecular weight is 225 g/mol. The van der Waals surface area contributed by atoms with Crippen molar-refractivity contribution >= 4 is 41.5 Å². The van der Waals surface area contributed by atoms with Gasteiger partial charge in [0, 0.05) is 11.8 Å². The number of carboxylic acids is 1. The van der Waals surface area contributed by atoms with Gasteiger partial charge in [0.05, 0.1) is 6.61 Å². The normalized spacial score (nSPS) is 12.3. The molecule has 15 heavy (non-hydrogen) atoms. The summed E-state index contributed by atoms with van der Waals surface area (Å²) in [6.07, 6.45) is 1.23. The van der Waals surface area contributed by atoms with Crippen molar-refractivity contribution in [3.05, 3.63) is 11.8 Å². The fourth-order valence-electron chi connectivity index (χ4n) is 0.806. The van der Waals surface area contributed by atoms with E-state index in [9.17, 15) is 9.59 Å². The topological polar surface area (TPSA) is 75.6 Å². The van der Waals surface area contributed by atoms with Gasteiger partial charge in [0.25, 0.3) is 0 Å². The number of carbonyl (C=O) groups excluding carboxylic acids is 1. The van der Waals surface area contributed by atoms with Crippen molar-refractivity contribution in [2.45, 2.75) is 26.8 Å². The predicted molar refractivity (Wildman–Crippen MR) is 57.8 cm³/mol. The van der Waals surface area contributed by atoms with E-state index in [1.165, 1.54) is 13.0 Å². The number of allylic oxidation sites excluding steroid dienone is 1. The molecule has 0 bridgehead atoms. The van der Waals surface area contributed by atoms with E-state index in [1.807, 2.05) is 0 Å². The van der Waals surface area contributed by atoms with Gasteiger partial charge in [-0.2, -0.15) is 0 Å². The van der Waals surface area contributed by atoms with Crippen LogP contribution in [0, 0.1) is 0 Å². The van der Waals surface area contributed by atoms with E-state index in [2.05, 4.69) is 10.1 Å². The van der Waals surface area contributed by atoms with E-state index in [4.69, 9.17) is 5.11 Å². The van der Waals surface area contributed by atoms with E-state index in [0.717, 1.165) is 0 Å². The number of esters is 1. The Kier molecular flexibility index (Phi) is 9.87. The number of hydrogen-bond acceptors (Lipinski definition) is 4. The molecule has 0 fully saturated rings. The Balaban J connectivity index is 0. The molecule has 0 rings (SSSR count). The van der Waals surface area contributed by atoms with Crippen LogP contribution in [0.25, 0.3) is 0 Å². The van der Waals surface area contributed by atoms with Crippen LogP contribution in [-0.2, 0) is 14.3 Å². The monoisotopic (exact) mass is 225 g/mol. The summed E-state index contributed by atoms with van der Waals surface area (Å²) in [6, 6.07) is -0.722. The molecule has 0 saturated heterocycles. The molecule has 6 heteroatoms. The van der Waals surface area contributed by atoms with Crippen molar-refractivity contribution in [1.29, 1.82) is 0 Å². The number of carbonyl (C=O) groups is 2. The Morgan fingerprint density at radius 2 is 2.07 bits per heavy atom. The molecule has 0 heterocycles. The van der Waals surface area contributed by atoms with Crippen LogP contribution in [0.1, 0.15) is 20.8 Å². The van der Waals surface area contributed by atoms with Gasteiger partial charge in [-0.3, -0.25) is 4.79 Å². The van der Waals surface area contributed by atoms with Crippen LogP contribution < -0.4 is 5.32 Å². The third kappa shape index (κ3) is 8.47. The van der Waals surface area contributed by atoms with Gasteiger partial charge in [-0.1, -0.05) is 0 Å². The first-order valence-corrected chi connectivity index (χ1v) is 4.31. The summed E-state index contributed by atoms with van der Waals surface area (Å²) in [6.45, 7) is 5.10. The molecule has 0 amide bonds. The first-order valence-electron chi connectivity index (χ1n) is 4.31. The molecule has 2 N–H and O–H groups in total. The van der Waals surface area contributed by atoms with Crippen molar-refractivity contribution in [1.82, 2.24) is 5.32 Å². The van der Waals surface area contributed by atoms with Crippen LogP contribution in [0.15, 0.2) is 11.8 Å². The zero-order valence-corrected chi connectivity index (χ0v) is 8.53. The van der Waals surface area contributed by atoms with Gasteiger partial charge in [0.2, 0.25) is 0 Å². The third-order valence-electron chi connectivity index (χ3n) is 1.44. The molecular formula is C9H16NNaO4. The standard InChI is InChI=1S/C9H15NO4.Na.H/c1-4-14-8(11)5-6(2)10-7(3)9(12)13;;/h5,7,10H,4H2,1-3H3,(H,12,13);;/t7-;;/m0../s1. The number of hydrogen-bond donors (Lipinski definition) is 2. The van der Waals surface area contributed by atoms with Crippen LogP contribution in [0.5, 0.6) is 0 Å². The zero-order chi connectivity index (χ0) is 11.1. The Morgan fingerprint density at radius 1 is 1.53 bits per heavy atom. The molecule has 0 aliphatic heterocycles. The van der Waals surface area contributed by atoms with E-state index in [-0.39, 0.29) is 29.6 Å².